The highest BCUT2D eigenvalue weighted by atomic mass is 16.1. The molecule has 1 aliphatic carbocycles. The topological polar surface area (TPSA) is 71.0 Å². The Morgan fingerprint density at radius 1 is 1.12 bits per heavy atom. The molecule has 0 spiro atoms. The molecule has 1 aromatic carbocycles. The van der Waals surface area contributed by atoms with Crippen LogP contribution in [0.4, 0.5) is 5.69 Å². The van der Waals surface area contributed by atoms with E-state index in [9.17, 15) is 4.79 Å². The maximum absolute atomic E-state index is 12.4. The summed E-state index contributed by atoms with van der Waals surface area (Å²) in [5.41, 5.74) is 3.46. The van der Waals surface area contributed by atoms with Crippen LogP contribution in [-0.4, -0.2) is 38.8 Å². The highest BCUT2D eigenvalue weighted by Gasteiger charge is 2.25. The zero-order valence-electron chi connectivity index (χ0n) is 14.0. The summed E-state index contributed by atoms with van der Waals surface area (Å²) in [6.45, 7) is 0.934. The largest absolute Gasteiger partial charge is 0.321 e. The molecule has 4 rings (SSSR count). The molecule has 1 fully saturated rings. The molecule has 1 saturated carbocycles. The molecule has 0 aliphatic heterocycles. The SMILES string of the molecule is CN(Cc1ccc(NC(=O)c2ccc3nccnc3n2)cc1)C1CC1. The average Bonchev–Trinajstić information content (AvgIpc) is 3.48. The number of rotatable bonds is 5. The molecule has 1 amide bonds. The Labute approximate surface area is 145 Å². The quantitative estimate of drug-likeness (QED) is 0.777. The minimum absolute atomic E-state index is 0.254. The number of pyridine rings is 1. The predicted octanol–water partition coefficient (Wildman–Crippen LogP) is 2.87. The van der Waals surface area contributed by atoms with E-state index >= 15 is 0 Å². The van der Waals surface area contributed by atoms with E-state index in [1.54, 1.807) is 24.5 Å². The second-order valence-electron chi connectivity index (χ2n) is 6.39. The van der Waals surface area contributed by atoms with Crippen molar-refractivity contribution in [3.05, 3.63) is 60.0 Å². The number of aromatic nitrogens is 3. The molecule has 0 atom stereocenters. The van der Waals surface area contributed by atoms with Crippen LogP contribution < -0.4 is 5.32 Å². The van der Waals surface area contributed by atoms with Gasteiger partial charge in [-0.3, -0.25) is 14.7 Å². The summed E-state index contributed by atoms with van der Waals surface area (Å²) in [7, 11) is 2.15. The molecular formula is C19H19N5O. The average molecular weight is 333 g/mol. The van der Waals surface area contributed by atoms with E-state index in [0.717, 1.165) is 18.3 Å². The zero-order valence-corrected chi connectivity index (χ0v) is 14.0. The molecule has 1 N–H and O–H groups in total. The highest BCUT2D eigenvalue weighted by Crippen LogP contribution is 2.26. The first kappa shape index (κ1) is 15.7. The van der Waals surface area contributed by atoms with Crippen LogP contribution in [0.3, 0.4) is 0 Å². The summed E-state index contributed by atoms with van der Waals surface area (Å²) in [5.74, 6) is -0.254. The smallest absolute Gasteiger partial charge is 0.274 e. The van der Waals surface area contributed by atoms with Crippen LogP contribution in [-0.2, 0) is 6.54 Å². The number of carbonyl (C=O) groups excluding carboxylic acids is 1. The van der Waals surface area contributed by atoms with Gasteiger partial charge in [0.1, 0.15) is 11.2 Å². The van der Waals surface area contributed by atoms with Crippen molar-refractivity contribution in [2.45, 2.75) is 25.4 Å². The van der Waals surface area contributed by atoms with E-state index in [0.29, 0.717) is 16.9 Å². The molecule has 0 bridgehead atoms. The highest BCUT2D eigenvalue weighted by molar-refractivity contribution is 6.03. The monoisotopic (exact) mass is 333 g/mol. The van der Waals surface area contributed by atoms with E-state index in [-0.39, 0.29) is 5.91 Å². The van der Waals surface area contributed by atoms with Gasteiger partial charge < -0.3 is 5.32 Å². The van der Waals surface area contributed by atoms with Gasteiger partial charge in [-0.05, 0) is 49.7 Å². The van der Waals surface area contributed by atoms with Gasteiger partial charge in [0.05, 0.1) is 0 Å². The van der Waals surface area contributed by atoms with Crippen LogP contribution in [0.15, 0.2) is 48.8 Å². The van der Waals surface area contributed by atoms with Gasteiger partial charge in [-0.15, -0.1) is 0 Å². The lowest BCUT2D eigenvalue weighted by atomic mass is 10.2. The number of anilines is 1. The van der Waals surface area contributed by atoms with Gasteiger partial charge in [0, 0.05) is 30.7 Å². The van der Waals surface area contributed by atoms with Gasteiger partial charge in [0.25, 0.3) is 5.91 Å². The molecule has 0 saturated heterocycles. The Kier molecular flexibility index (Phi) is 4.11. The number of hydrogen-bond acceptors (Lipinski definition) is 5. The molecule has 0 unspecified atom stereocenters. The van der Waals surface area contributed by atoms with Crippen molar-refractivity contribution in [2.24, 2.45) is 0 Å². The Hall–Kier alpha value is -2.86. The van der Waals surface area contributed by atoms with E-state index in [2.05, 4.69) is 32.2 Å². The number of benzene rings is 1. The van der Waals surface area contributed by atoms with Crippen molar-refractivity contribution in [3.8, 4) is 0 Å². The fourth-order valence-corrected chi connectivity index (χ4v) is 2.80. The standard InChI is InChI=1S/C19H19N5O/c1-24(15-6-7-15)12-13-2-4-14(5-3-13)22-19(25)17-9-8-16-18(23-17)21-11-10-20-16/h2-5,8-11,15H,6-7,12H2,1H3,(H,22,25). The van der Waals surface area contributed by atoms with E-state index in [1.807, 2.05) is 24.3 Å². The van der Waals surface area contributed by atoms with Gasteiger partial charge in [-0.25, -0.2) is 9.97 Å². The normalized spacial score (nSPS) is 14.0. The Morgan fingerprint density at radius 2 is 1.88 bits per heavy atom. The maximum Gasteiger partial charge on any atom is 0.274 e. The third kappa shape index (κ3) is 3.64. The Balaban J connectivity index is 1.44. The lowest BCUT2D eigenvalue weighted by molar-refractivity contribution is 0.102. The van der Waals surface area contributed by atoms with Crippen molar-refractivity contribution in [3.63, 3.8) is 0 Å². The molecule has 1 aliphatic rings. The van der Waals surface area contributed by atoms with Gasteiger partial charge in [0.15, 0.2) is 5.65 Å². The van der Waals surface area contributed by atoms with Crippen LogP contribution in [0.1, 0.15) is 28.9 Å². The molecule has 6 heteroatoms. The first-order valence-corrected chi connectivity index (χ1v) is 8.37. The number of hydrogen-bond donors (Lipinski definition) is 1. The Morgan fingerprint density at radius 3 is 2.64 bits per heavy atom. The van der Waals surface area contributed by atoms with Crippen molar-refractivity contribution >= 4 is 22.8 Å². The van der Waals surface area contributed by atoms with Gasteiger partial charge in [-0.1, -0.05) is 12.1 Å². The lowest BCUT2D eigenvalue weighted by Crippen LogP contribution is -2.19. The molecule has 2 heterocycles. The number of fused-ring (bicyclic) bond motifs is 1. The second-order valence-corrected chi connectivity index (χ2v) is 6.39. The summed E-state index contributed by atoms with van der Waals surface area (Å²) in [6.07, 6.45) is 5.77. The Bertz CT molecular complexity index is 905. The molecule has 6 nitrogen and oxygen atoms in total. The lowest BCUT2D eigenvalue weighted by Gasteiger charge is -2.15. The zero-order chi connectivity index (χ0) is 17.2. The third-order valence-electron chi connectivity index (χ3n) is 4.38. The van der Waals surface area contributed by atoms with Gasteiger partial charge >= 0.3 is 0 Å². The maximum atomic E-state index is 12.4. The van der Waals surface area contributed by atoms with Crippen LogP contribution in [0, 0.1) is 0 Å². The number of carbonyl (C=O) groups is 1. The van der Waals surface area contributed by atoms with E-state index in [4.69, 9.17) is 0 Å². The van der Waals surface area contributed by atoms with Crippen LogP contribution >= 0.6 is 0 Å². The molecule has 0 radical (unpaired) electrons. The van der Waals surface area contributed by atoms with E-state index < -0.39 is 0 Å². The molecule has 126 valence electrons. The van der Waals surface area contributed by atoms with Crippen molar-refractivity contribution in [1.29, 1.82) is 0 Å². The van der Waals surface area contributed by atoms with Crippen LogP contribution in [0.2, 0.25) is 0 Å². The summed E-state index contributed by atoms with van der Waals surface area (Å²) in [4.78, 5) is 27.3. The van der Waals surface area contributed by atoms with Crippen molar-refractivity contribution in [1.82, 2.24) is 19.9 Å². The molecule has 25 heavy (non-hydrogen) atoms. The molecular weight excluding hydrogens is 314 g/mol. The minimum atomic E-state index is -0.254. The second kappa shape index (κ2) is 6.57. The van der Waals surface area contributed by atoms with Crippen molar-refractivity contribution in [2.75, 3.05) is 12.4 Å². The number of amides is 1. The summed E-state index contributed by atoms with van der Waals surface area (Å²) >= 11 is 0. The first-order valence-electron chi connectivity index (χ1n) is 8.37. The van der Waals surface area contributed by atoms with Crippen molar-refractivity contribution < 1.29 is 4.79 Å². The number of nitrogens with zero attached hydrogens (tertiary/aromatic N) is 4. The molecule has 3 aromatic rings. The third-order valence-corrected chi connectivity index (χ3v) is 4.38. The van der Waals surface area contributed by atoms with Gasteiger partial charge in [0.2, 0.25) is 0 Å². The number of nitrogens with one attached hydrogen (secondary N) is 1. The van der Waals surface area contributed by atoms with Gasteiger partial charge in [-0.2, -0.15) is 0 Å². The summed E-state index contributed by atoms with van der Waals surface area (Å²) < 4.78 is 0. The fourth-order valence-electron chi connectivity index (χ4n) is 2.80. The van der Waals surface area contributed by atoms with E-state index in [1.165, 1.54) is 18.4 Å². The van der Waals surface area contributed by atoms with Crippen LogP contribution in [0.25, 0.3) is 11.2 Å². The first-order chi connectivity index (χ1) is 12.2. The minimum Gasteiger partial charge on any atom is -0.321 e. The fraction of sp³-hybridized carbons (Fsp3) is 0.263. The molecule has 2 aromatic heterocycles. The summed E-state index contributed by atoms with van der Waals surface area (Å²) in [5, 5.41) is 2.88. The predicted molar refractivity (Wildman–Crippen MR) is 96.2 cm³/mol. The summed E-state index contributed by atoms with van der Waals surface area (Å²) in [6, 6.07) is 12.1. The van der Waals surface area contributed by atoms with Crippen LogP contribution in [0.5, 0.6) is 0 Å².